The van der Waals surface area contributed by atoms with Crippen molar-refractivity contribution in [2.24, 2.45) is 0 Å². The Hall–Kier alpha value is -7.30. The van der Waals surface area contributed by atoms with E-state index in [4.69, 9.17) is 0 Å². The molecule has 15 saturated heterocycles. The number of nitrogens with zero attached hydrogens (tertiary/aromatic N) is 20. The number of amides is 20. The molecule has 61 heavy (non-hydrogen) atoms. The van der Waals surface area contributed by atoms with E-state index in [0.717, 1.165) is 0 Å². The summed E-state index contributed by atoms with van der Waals surface area (Å²) >= 11 is 0. The summed E-state index contributed by atoms with van der Waals surface area (Å²) in [6.07, 6.45) is -10.6. The number of likely N-dealkylation sites (N-methyl/N-ethyl adjacent to an activating group) is 2. The molecule has 15 aliphatic heterocycles. The molecule has 15 rings (SSSR count). The standard InChI is InChI=1S/C31H34N20O10/c1-32-12-14-36(22(32)52)4-40-16-18-44(26(40)56)8-48-20-21-49(30(48)60)9-45-19-17-41(27(45)57)5-37-15-13(33(2)23(37)53)35-3-34(12)24(54)38(14)6-42(16)28(58)46(18)10-50(20)31(61)51(21)11-47(19)29(59)43(17)7-39(15)25(35)55/h12-21H,3-11H2,1-2H3. The Morgan fingerprint density at radius 3 is 0.492 bits per heavy atom. The van der Waals surface area contributed by atoms with Crippen LogP contribution in [0.5, 0.6) is 0 Å². The second-order valence-corrected chi connectivity index (χ2v) is 17.9. The predicted molar refractivity (Wildman–Crippen MR) is 184 cm³/mol. The lowest BCUT2D eigenvalue weighted by Gasteiger charge is -2.42. The highest BCUT2D eigenvalue weighted by molar-refractivity contribution is 5.93. The Balaban J connectivity index is 0.962. The molecule has 0 saturated carbocycles. The molecule has 0 spiro atoms. The van der Waals surface area contributed by atoms with Gasteiger partial charge in [-0.2, -0.15) is 0 Å². The monoisotopic (exact) mass is 846 g/mol. The Labute approximate surface area is 341 Å². The van der Waals surface area contributed by atoms with Gasteiger partial charge in [0, 0.05) is 14.1 Å². The zero-order valence-electron chi connectivity index (χ0n) is 32.2. The number of urea groups is 10. The molecule has 10 atom stereocenters. The summed E-state index contributed by atoms with van der Waals surface area (Å²) in [7, 11) is 3.00. The molecule has 0 aliphatic carbocycles. The van der Waals surface area contributed by atoms with Crippen molar-refractivity contribution in [3.8, 4) is 0 Å². The molecule has 30 nitrogen and oxygen atoms in total. The maximum absolute atomic E-state index is 14.9. The van der Waals surface area contributed by atoms with E-state index < -0.39 is 129 Å². The highest BCUT2D eigenvalue weighted by Crippen LogP contribution is 2.49. The number of rotatable bonds is 0. The summed E-state index contributed by atoms with van der Waals surface area (Å²) in [4.78, 5) is 174. The highest BCUT2D eigenvalue weighted by atomic mass is 16.2. The Morgan fingerprint density at radius 1 is 0.213 bits per heavy atom. The lowest BCUT2D eigenvalue weighted by Crippen LogP contribution is -2.63. The second kappa shape index (κ2) is 9.51. The number of fused-ring (bicyclic) bond motifs is 4. The van der Waals surface area contributed by atoms with Gasteiger partial charge in [-0.3, -0.25) is 88.2 Å². The van der Waals surface area contributed by atoms with Crippen molar-refractivity contribution in [2.45, 2.75) is 61.7 Å². The summed E-state index contributed by atoms with van der Waals surface area (Å²) in [5.74, 6) is 0. The molecule has 0 aromatic rings. The third-order valence-electron chi connectivity index (χ3n) is 15.6. The minimum Gasteiger partial charge on any atom is -0.303 e. The summed E-state index contributed by atoms with van der Waals surface area (Å²) < 4.78 is 0. The fourth-order valence-electron chi connectivity index (χ4n) is 13.1. The van der Waals surface area contributed by atoms with Crippen LogP contribution in [0, 0.1) is 0 Å². The van der Waals surface area contributed by atoms with E-state index in [-0.39, 0.29) is 53.3 Å². The molecule has 15 aliphatic rings. The Bertz CT molecular complexity index is 2220. The van der Waals surface area contributed by atoms with Crippen LogP contribution >= 0.6 is 0 Å². The highest BCUT2D eigenvalue weighted by Gasteiger charge is 2.73. The molecule has 10 unspecified atom stereocenters. The van der Waals surface area contributed by atoms with Gasteiger partial charge < -0.3 is 9.80 Å². The van der Waals surface area contributed by atoms with E-state index >= 15 is 0 Å². The van der Waals surface area contributed by atoms with Gasteiger partial charge in [-0.1, -0.05) is 0 Å². The third kappa shape index (κ3) is 3.11. The minimum absolute atomic E-state index is 0.345. The van der Waals surface area contributed by atoms with Gasteiger partial charge in [-0.25, -0.2) is 47.9 Å². The molecule has 0 aromatic carbocycles. The largest absolute Gasteiger partial charge is 0.326 e. The first kappa shape index (κ1) is 32.5. The number of carbonyl (C=O) groups is 10. The zero-order chi connectivity index (χ0) is 41.5. The quantitative estimate of drug-likeness (QED) is 0.227. The molecule has 15 fully saturated rings. The summed E-state index contributed by atoms with van der Waals surface area (Å²) in [5, 5.41) is 0. The molecule has 0 aromatic heterocycles. The predicted octanol–water partition coefficient (Wildman–Crippen LogP) is -4.43. The topological polar surface area (TPSA) is 236 Å². The van der Waals surface area contributed by atoms with Crippen molar-refractivity contribution in [3.63, 3.8) is 0 Å². The molecule has 15 heterocycles. The number of hydrogen-bond acceptors (Lipinski definition) is 10. The van der Waals surface area contributed by atoms with Crippen molar-refractivity contribution >= 4 is 60.3 Å². The summed E-state index contributed by atoms with van der Waals surface area (Å²) in [6.45, 7) is -3.38. The average molecular weight is 847 g/mol. The lowest BCUT2D eigenvalue weighted by molar-refractivity contribution is -0.0174. The van der Waals surface area contributed by atoms with Gasteiger partial charge in [0.05, 0.1) is 0 Å². The zero-order valence-corrected chi connectivity index (χ0v) is 32.2. The number of carbonyl (C=O) groups excluding carboxylic acids is 10. The van der Waals surface area contributed by atoms with Crippen LogP contribution in [0.3, 0.4) is 0 Å². The number of hydrogen-bond donors (Lipinski definition) is 0. The van der Waals surface area contributed by atoms with Crippen molar-refractivity contribution in [1.29, 1.82) is 0 Å². The first-order valence-electron chi connectivity index (χ1n) is 19.9. The van der Waals surface area contributed by atoms with E-state index in [1.807, 2.05) is 0 Å². The van der Waals surface area contributed by atoms with Gasteiger partial charge in [-0.05, 0) is 0 Å². The van der Waals surface area contributed by atoms with E-state index in [0.29, 0.717) is 0 Å². The van der Waals surface area contributed by atoms with Crippen molar-refractivity contribution in [2.75, 3.05) is 74.1 Å². The third-order valence-corrected chi connectivity index (χ3v) is 15.6. The molecule has 10 bridgehead atoms. The van der Waals surface area contributed by atoms with Crippen LogP contribution in [0.2, 0.25) is 0 Å². The molecule has 30 heteroatoms. The first-order valence-corrected chi connectivity index (χ1v) is 19.9. The summed E-state index contributed by atoms with van der Waals surface area (Å²) in [5.41, 5.74) is 0. The van der Waals surface area contributed by atoms with Gasteiger partial charge in [0.2, 0.25) is 0 Å². The van der Waals surface area contributed by atoms with E-state index in [1.54, 1.807) is 0 Å². The maximum Gasteiger partial charge on any atom is 0.326 e. The Morgan fingerprint density at radius 2 is 0.328 bits per heavy atom. The summed E-state index contributed by atoms with van der Waals surface area (Å²) in [6, 6.07) is -5.95. The van der Waals surface area contributed by atoms with Gasteiger partial charge in [0.1, 0.15) is 60.0 Å². The van der Waals surface area contributed by atoms with Crippen LogP contribution in [0.25, 0.3) is 0 Å². The molecular weight excluding hydrogens is 812 g/mol. The molecule has 318 valence electrons. The van der Waals surface area contributed by atoms with Crippen LogP contribution < -0.4 is 0 Å². The van der Waals surface area contributed by atoms with Crippen LogP contribution in [0.4, 0.5) is 47.9 Å². The normalized spacial score (nSPS) is 39.4. The van der Waals surface area contributed by atoms with E-state index in [9.17, 15) is 47.9 Å². The minimum atomic E-state index is -1.09. The fraction of sp³-hybridized carbons (Fsp3) is 0.677. The molecular formula is C31H34N20O10. The second-order valence-electron chi connectivity index (χ2n) is 17.9. The van der Waals surface area contributed by atoms with Gasteiger partial charge >= 0.3 is 60.3 Å². The van der Waals surface area contributed by atoms with Crippen molar-refractivity contribution in [1.82, 2.24) is 98.0 Å². The Kier molecular flexibility index (Phi) is 5.07. The molecule has 20 amide bonds. The van der Waals surface area contributed by atoms with Crippen molar-refractivity contribution in [3.05, 3.63) is 0 Å². The smallest absolute Gasteiger partial charge is 0.303 e. The van der Waals surface area contributed by atoms with Gasteiger partial charge in [0.15, 0.2) is 61.7 Å². The van der Waals surface area contributed by atoms with Crippen molar-refractivity contribution < 1.29 is 47.9 Å². The van der Waals surface area contributed by atoms with Gasteiger partial charge in [0.25, 0.3) is 0 Å². The maximum atomic E-state index is 14.9. The van der Waals surface area contributed by atoms with Crippen LogP contribution in [-0.2, 0) is 0 Å². The fourth-order valence-corrected chi connectivity index (χ4v) is 13.1. The van der Waals surface area contributed by atoms with Crippen LogP contribution in [0.1, 0.15) is 0 Å². The molecule has 0 N–H and O–H groups in total. The van der Waals surface area contributed by atoms with Gasteiger partial charge in [-0.15, -0.1) is 0 Å². The van der Waals surface area contributed by atoms with E-state index in [2.05, 4.69) is 0 Å². The van der Waals surface area contributed by atoms with E-state index in [1.165, 1.54) is 112 Å². The van der Waals surface area contributed by atoms with Crippen LogP contribution in [0.15, 0.2) is 0 Å². The van der Waals surface area contributed by atoms with Crippen LogP contribution in [-0.4, -0.2) is 294 Å². The average Bonchev–Trinajstić information content (AvgIpc) is 4.08. The lowest BCUT2D eigenvalue weighted by atomic mass is 10.3. The SMILES string of the molecule is CN1C(=O)N2CN3C(=O)N4CN5C(=O)N6CN7C(=O)N8CN9C(=O)N(C)C%10C9N9CN%11C(=O)N(CN%12C(=O)N(CN%13C(=O)N(CN%14C(=O)N(CN%10C9=O)C1C2%14)C3C4%13)C5C6%12)C7C8%11. The first-order chi connectivity index (χ1) is 29.3. The molecule has 0 radical (unpaired) electrons.